The van der Waals surface area contributed by atoms with Gasteiger partial charge >= 0.3 is 20.1 Å². The molecule has 3 heteroatoms. The molecule has 0 fully saturated rings. The Morgan fingerprint density at radius 3 is 2.05 bits per heavy atom. The van der Waals surface area contributed by atoms with Gasteiger partial charge in [0, 0.05) is 5.69 Å². The van der Waals surface area contributed by atoms with Crippen molar-refractivity contribution in [1.29, 1.82) is 0 Å². The van der Waals surface area contributed by atoms with E-state index in [4.69, 9.17) is 4.99 Å². The molecule has 1 nitrogen and oxygen atoms in total. The summed E-state index contributed by atoms with van der Waals surface area (Å²) >= 11 is 0. The van der Waals surface area contributed by atoms with Gasteiger partial charge in [-0.25, -0.2) is 11.1 Å². The van der Waals surface area contributed by atoms with E-state index in [1.165, 1.54) is 33.2 Å². The van der Waals surface area contributed by atoms with Gasteiger partial charge in [0.25, 0.3) is 0 Å². The molecule has 2 aliphatic heterocycles. The summed E-state index contributed by atoms with van der Waals surface area (Å²) in [6.07, 6.45) is 0. The molecule has 8 rings (SSSR count). The van der Waals surface area contributed by atoms with Crippen molar-refractivity contribution in [1.82, 2.24) is 0 Å². The van der Waals surface area contributed by atoms with E-state index in [1.807, 2.05) is 36.4 Å². The molecule has 0 atom stereocenters. The Bertz CT molecular complexity index is 1760. The van der Waals surface area contributed by atoms with Gasteiger partial charge < -0.3 is 4.99 Å². The summed E-state index contributed by atoms with van der Waals surface area (Å²) in [5, 5.41) is 0. The van der Waals surface area contributed by atoms with Crippen molar-refractivity contribution >= 4 is 28.9 Å². The van der Waals surface area contributed by atoms with Gasteiger partial charge in [-0.1, -0.05) is 89.3 Å². The van der Waals surface area contributed by atoms with Gasteiger partial charge in [0.15, 0.2) is 0 Å². The van der Waals surface area contributed by atoms with Gasteiger partial charge in [-0.15, -0.1) is 53.1 Å². The van der Waals surface area contributed by atoms with Crippen LogP contribution in [0.3, 0.4) is 0 Å². The van der Waals surface area contributed by atoms with E-state index in [9.17, 15) is 0 Å². The molecule has 6 aromatic rings. The summed E-state index contributed by atoms with van der Waals surface area (Å²) in [6.45, 7) is 0.253. The van der Waals surface area contributed by atoms with Crippen LogP contribution in [-0.2, 0) is 20.1 Å². The molecule has 0 aromatic heterocycles. The Labute approximate surface area is 249 Å². The fourth-order valence-electron chi connectivity index (χ4n) is 5.55. The molecule has 0 unspecified atom stereocenters. The molecule has 0 amide bonds. The summed E-state index contributed by atoms with van der Waals surface area (Å²) in [5.41, 5.74) is 13.2. The Kier molecular flexibility index (Phi) is 7.42. The third-order valence-electron chi connectivity index (χ3n) is 7.34. The Morgan fingerprint density at radius 1 is 0.500 bits per heavy atom. The minimum atomic E-state index is 0. The van der Waals surface area contributed by atoms with E-state index >= 15 is 0 Å². The van der Waals surface area contributed by atoms with Crippen LogP contribution in [0.5, 0.6) is 0 Å². The second kappa shape index (κ2) is 11.4. The number of aliphatic imine (C=N–C) groups is 1. The summed E-state index contributed by atoms with van der Waals surface area (Å²) in [4.78, 5) is 4.90. The number of fused-ring (bicyclic) bond motifs is 8. The van der Waals surface area contributed by atoms with E-state index in [2.05, 4.69) is 121 Å². The average molecular weight is 685 g/mol. The third kappa shape index (κ3) is 4.80. The third-order valence-corrected chi connectivity index (χ3v) is 7.34. The van der Waals surface area contributed by atoms with E-state index in [0.29, 0.717) is 0 Å². The first-order chi connectivity index (χ1) is 19.4. The average Bonchev–Trinajstić information content (AvgIpc) is 3.43. The summed E-state index contributed by atoms with van der Waals surface area (Å²) < 4.78 is 0. The van der Waals surface area contributed by atoms with Crippen molar-refractivity contribution < 1.29 is 20.1 Å². The van der Waals surface area contributed by atoms with Crippen LogP contribution < -0.4 is 10.9 Å². The minimum absolute atomic E-state index is 0. The molecule has 0 saturated carbocycles. The summed E-state index contributed by atoms with van der Waals surface area (Å²) in [6, 6.07) is 57.8. The van der Waals surface area contributed by atoms with Crippen LogP contribution in [0.2, 0.25) is 0 Å². The van der Waals surface area contributed by atoms with Crippen molar-refractivity contribution in [3.05, 3.63) is 163 Å². The normalized spacial score (nSPS) is 11.9. The monoisotopic (exact) mass is 685 g/mol. The number of hydrogen-bond donors (Lipinski definition) is 0. The van der Waals surface area contributed by atoms with Gasteiger partial charge in [0.2, 0.25) is 6.71 Å². The van der Waals surface area contributed by atoms with Gasteiger partial charge in [-0.05, 0) is 17.2 Å². The van der Waals surface area contributed by atoms with Crippen LogP contribution in [0.4, 0.5) is 5.69 Å². The summed E-state index contributed by atoms with van der Waals surface area (Å²) in [5.74, 6) is 0. The first kappa shape index (κ1) is 26.0. The maximum absolute atomic E-state index is 4.90. The molecule has 2 heterocycles. The SMILES string of the molecule is [Ir+3].[c-]1cccc2c1C1=Nc3ccccc3B1c1ccccc1-2.[c-]1ccccc1-c1[c-]ccc(-c2ccccc2)c1. The molecule has 6 aromatic carbocycles. The van der Waals surface area contributed by atoms with Crippen LogP contribution in [-0.4, -0.2) is 12.3 Å². The molecule has 40 heavy (non-hydrogen) atoms. The van der Waals surface area contributed by atoms with Crippen molar-refractivity contribution in [2.45, 2.75) is 0 Å². The van der Waals surface area contributed by atoms with Crippen LogP contribution in [0.15, 0.2) is 145 Å². The Balaban J connectivity index is 0.000000143. The molecular weight excluding hydrogens is 661 g/mol. The van der Waals surface area contributed by atoms with Crippen molar-refractivity contribution in [2.75, 3.05) is 0 Å². The maximum atomic E-state index is 4.90. The topological polar surface area (TPSA) is 12.4 Å². The van der Waals surface area contributed by atoms with E-state index < -0.39 is 0 Å². The second-order valence-electron chi connectivity index (χ2n) is 9.67. The van der Waals surface area contributed by atoms with Gasteiger partial charge in [0.05, 0.1) is 0 Å². The molecule has 0 spiro atoms. The molecule has 188 valence electrons. The molecule has 0 radical (unpaired) electrons. The number of para-hydroxylation sites is 1. The van der Waals surface area contributed by atoms with Gasteiger partial charge in [-0.2, -0.15) is 42.5 Å². The first-order valence-electron chi connectivity index (χ1n) is 13.2. The van der Waals surface area contributed by atoms with Crippen LogP contribution in [0.25, 0.3) is 33.4 Å². The van der Waals surface area contributed by atoms with Crippen molar-refractivity contribution in [2.24, 2.45) is 4.99 Å². The van der Waals surface area contributed by atoms with E-state index in [0.717, 1.165) is 28.0 Å². The van der Waals surface area contributed by atoms with Crippen molar-refractivity contribution in [3.8, 4) is 33.4 Å². The van der Waals surface area contributed by atoms with Gasteiger partial charge in [0.1, 0.15) is 0 Å². The number of hydrogen-bond acceptors (Lipinski definition) is 1. The molecular formula is C37H23BIrN. The zero-order valence-corrected chi connectivity index (χ0v) is 24.0. The zero-order valence-electron chi connectivity index (χ0n) is 21.6. The fraction of sp³-hybridized carbons (Fsp3) is 0. The maximum Gasteiger partial charge on any atom is 3.00 e. The molecule has 2 aliphatic rings. The Morgan fingerprint density at radius 2 is 1.20 bits per heavy atom. The standard InChI is InChI=1S/C19H11BN.C18H12.Ir/c1-2-9-15-13(7-1)14-8-3-4-10-16(14)20-17-11-5-6-12-18(17)21-19(15)20;1-3-8-15(9-4-1)17-12-7-13-18(14-17)16-10-5-2-6-11-16;/h1-8,10-12H;1-10,12,14H;/q-1;-2;+3. The predicted molar refractivity (Wildman–Crippen MR) is 163 cm³/mol. The van der Waals surface area contributed by atoms with Crippen LogP contribution in [0.1, 0.15) is 5.56 Å². The number of benzene rings is 6. The molecule has 0 N–H and O–H groups in total. The Hall–Kier alpha value is -4.30. The molecule has 0 saturated heterocycles. The fourth-order valence-corrected chi connectivity index (χ4v) is 5.55. The predicted octanol–water partition coefficient (Wildman–Crippen LogP) is 7.37. The molecule has 0 aliphatic carbocycles. The summed E-state index contributed by atoms with van der Waals surface area (Å²) in [7, 11) is 0. The van der Waals surface area contributed by atoms with Crippen molar-refractivity contribution in [3.63, 3.8) is 0 Å². The zero-order chi connectivity index (χ0) is 26.0. The number of rotatable bonds is 2. The second-order valence-corrected chi connectivity index (χ2v) is 9.67. The smallest absolute Gasteiger partial charge is 0.308 e. The van der Waals surface area contributed by atoms with Gasteiger partial charge in [-0.3, -0.25) is 0 Å². The van der Waals surface area contributed by atoms with Crippen LogP contribution >= 0.6 is 0 Å². The van der Waals surface area contributed by atoms with E-state index in [-0.39, 0.29) is 26.8 Å². The van der Waals surface area contributed by atoms with E-state index in [1.54, 1.807) is 0 Å². The molecule has 0 bridgehead atoms. The largest absolute Gasteiger partial charge is 3.00 e. The minimum Gasteiger partial charge on any atom is -0.308 e. The first-order valence-corrected chi connectivity index (χ1v) is 13.2. The number of nitrogens with zero attached hydrogens (tertiary/aromatic N) is 1. The van der Waals surface area contributed by atoms with Crippen LogP contribution in [0, 0.1) is 18.2 Å². The quantitative estimate of drug-likeness (QED) is 0.134.